The number of ether oxygens (including phenoxy) is 1. The van der Waals surface area contributed by atoms with Crippen molar-refractivity contribution in [1.29, 1.82) is 0 Å². The summed E-state index contributed by atoms with van der Waals surface area (Å²) >= 11 is 6.08. The molecular formula is C23H21ClN4O4S. The van der Waals surface area contributed by atoms with Gasteiger partial charge in [-0.2, -0.15) is 0 Å². The number of carbonyl (C=O) groups is 1. The summed E-state index contributed by atoms with van der Waals surface area (Å²) in [6.07, 6.45) is 0. The standard InChI is InChI=1S/C23H21ClN4O4S/c1-25-23(29)15-6-4-14(5-7-15)22-26-19-12-16(8-10-20(19)28(22)2)27-33(30,31)17-9-11-21(32-3)18(24)13-17/h4-13,27H,1-3H3,(H,25,29). The number of rotatable bonds is 6. The summed E-state index contributed by atoms with van der Waals surface area (Å²) in [5.74, 6) is 0.915. The number of carbonyl (C=O) groups excluding carboxylic acids is 1. The molecule has 0 aliphatic heterocycles. The van der Waals surface area contributed by atoms with E-state index in [2.05, 4.69) is 15.0 Å². The van der Waals surface area contributed by atoms with Crippen LogP contribution in [0.25, 0.3) is 22.4 Å². The van der Waals surface area contributed by atoms with E-state index in [4.69, 9.17) is 16.3 Å². The van der Waals surface area contributed by atoms with E-state index < -0.39 is 10.0 Å². The fraction of sp³-hybridized carbons (Fsp3) is 0.130. The van der Waals surface area contributed by atoms with Gasteiger partial charge in [-0.1, -0.05) is 23.7 Å². The molecule has 4 aromatic rings. The van der Waals surface area contributed by atoms with Crippen molar-refractivity contribution in [2.75, 3.05) is 18.9 Å². The van der Waals surface area contributed by atoms with Crippen molar-refractivity contribution in [3.63, 3.8) is 0 Å². The number of halogens is 1. The lowest BCUT2D eigenvalue weighted by atomic mass is 10.1. The quantitative estimate of drug-likeness (QED) is 0.429. The highest BCUT2D eigenvalue weighted by Crippen LogP contribution is 2.29. The SMILES string of the molecule is CNC(=O)c1ccc(-c2nc3cc(NS(=O)(=O)c4ccc(OC)c(Cl)c4)ccc3n2C)cc1. The third-order valence-electron chi connectivity index (χ3n) is 5.20. The molecule has 3 aromatic carbocycles. The maximum atomic E-state index is 12.8. The molecule has 0 bridgehead atoms. The number of nitrogens with zero attached hydrogens (tertiary/aromatic N) is 2. The first kappa shape index (κ1) is 22.6. The van der Waals surface area contributed by atoms with Gasteiger partial charge in [-0.05, 0) is 48.5 Å². The second-order valence-electron chi connectivity index (χ2n) is 7.26. The molecule has 0 aliphatic carbocycles. The molecule has 10 heteroatoms. The van der Waals surface area contributed by atoms with Crippen LogP contribution in [0.2, 0.25) is 5.02 Å². The number of methoxy groups -OCH3 is 1. The van der Waals surface area contributed by atoms with Crippen LogP contribution in [0.1, 0.15) is 10.4 Å². The smallest absolute Gasteiger partial charge is 0.261 e. The number of anilines is 1. The number of sulfonamides is 1. The monoisotopic (exact) mass is 484 g/mol. The second-order valence-corrected chi connectivity index (χ2v) is 9.35. The average Bonchev–Trinajstić information content (AvgIpc) is 3.14. The van der Waals surface area contributed by atoms with Gasteiger partial charge >= 0.3 is 0 Å². The number of benzene rings is 3. The zero-order valence-electron chi connectivity index (χ0n) is 18.1. The average molecular weight is 485 g/mol. The zero-order chi connectivity index (χ0) is 23.8. The third-order valence-corrected chi connectivity index (χ3v) is 6.87. The van der Waals surface area contributed by atoms with Crippen molar-refractivity contribution in [2.24, 2.45) is 7.05 Å². The molecule has 1 amide bonds. The molecule has 0 unspecified atom stereocenters. The molecule has 1 heterocycles. The van der Waals surface area contributed by atoms with Gasteiger partial charge in [0.2, 0.25) is 0 Å². The van der Waals surface area contributed by atoms with Crippen LogP contribution >= 0.6 is 11.6 Å². The molecule has 1 aromatic heterocycles. The number of amides is 1. The molecular weight excluding hydrogens is 464 g/mol. The van der Waals surface area contributed by atoms with E-state index in [1.807, 2.05) is 23.7 Å². The summed E-state index contributed by atoms with van der Waals surface area (Å²) in [6.45, 7) is 0. The summed E-state index contributed by atoms with van der Waals surface area (Å²) in [6, 6.07) is 16.5. The van der Waals surface area contributed by atoms with Gasteiger partial charge in [-0.25, -0.2) is 13.4 Å². The molecule has 0 saturated heterocycles. The highest BCUT2D eigenvalue weighted by molar-refractivity contribution is 7.92. The Balaban J connectivity index is 1.65. The fourth-order valence-corrected chi connectivity index (χ4v) is 4.86. The predicted molar refractivity (Wildman–Crippen MR) is 128 cm³/mol. The molecule has 33 heavy (non-hydrogen) atoms. The predicted octanol–water partition coefficient (Wildman–Crippen LogP) is 4.06. The first-order valence-electron chi connectivity index (χ1n) is 9.89. The Morgan fingerprint density at radius 2 is 1.79 bits per heavy atom. The second kappa shape index (κ2) is 8.76. The van der Waals surface area contributed by atoms with E-state index in [0.717, 1.165) is 11.1 Å². The summed E-state index contributed by atoms with van der Waals surface area (Å²) < 4.78 is 35.2. The van der Waals surface area contributed by atoms with Crippen LogP contribution in [0.4, 0.5) is 5.69 Å². The van der Waals surface area contributed by atoms with Crippen LogP contribution < -0.4 is 14.8 Å². The molecule has 4 rings (SSSR count). The molecule has 2 N–H and O–H groups in total. The van der Waals surface area contributed by atoms with Crippen LogP contribution in [0.15, 0.2) is 65.6 Å². The third kappa shape index (κ3) is 4.37. The van der Waals surface area contributed by atoms with Crippen LogP contribution in [-0.2, 0) is 17.1 Å². The van der Waals surface area contributed by atoms with E-state index in [0.29, 0.717) is 28.3 Å². The number of aryl methyl sites for hydroxylation is 1. The Morgan fingerprint density at radius 1 is 1.06 bits per heavy atom. The first-order valence-corrected chi connectivity index (χ1v) is 11.7. The summed E-state index contributed by atoms with van der Waals surface area (Å²) in [5.41, 5.74) is 3.20. The van der Waals surface area contributed by atoms with Gasteiger partial charge < -0.3 is 14.6 Å². The van der Waals surface area contributed by atoms with Crippen molar-refractivity contribution in [3.8, 4) is 17.1 Å². The minimum atomic E-state index is -3.86. The minimum absolute atomic E-state index is 0.0197. The van der Waals surface area contributed by atoms with Crippen LogP contribution in [0.5, 0.6) is 5.75 Å². The van der Waals surface area contributed by atoms with Crippen molar-refractivity contribution in [2.45, 2.75) is 4.90 Å². The lowest BCUT2D eigenvalue weighted by Gasteiger charge is -2.10. The maximum absolute atomic E-state index is 12.8. The molecule has 170 valence electrons. The van der Waals surface area contributed by atoms with Crippen molar-refractivity contribution in [3.05, 3.63) is 71.2 Å². The topological polar surface area (TPSA) is 102 Å². The van der Waals surface area contributed by atoms with Gasteiger partial charge in [0.05, 0.1) is 33.7 Å². The lowest BCUT2D eigenvalue weighted by Crippen LogP contribution is -2.17. The Hall–Kier alpha value is -3.56. The zero-order valence-corrected chi connectivity index (χ0v) is 19.7. The van der Waals surface area contributed by atoms with Gasteiger partial charge in [0.25, 0.3) is 15.9 Å². The fourth-order valence-electron chi connectivity index (χ4n) is 3.46. The van der Waals surface area contributed by atoms with E-state index in [9.17, 15) is 13.2 Å². The highest BCUT2D eigenvalue weighted by atomic mass is 35.5. The Morgan fingerprint density at radius 3 is 2.42 bits per heavy atom. The maximum Gasteiger partial charge on any atom is 0.261 e. The van der Waals surface area contributed by atoms with Crippen molar-refractivity contribution in [1.82, 2.24) is 14.9 Å². The molecule has 0 atom stereocenters. The highest BCUT2D eigenvalue weighted by Gasteiger charge is 2.18. The first-order chi connectivity index (χ1) is 15.7. The largest absolute Gasteiger partial charge is 0.495 e. The Bertz CT molecular complexity index is 1460. The Kier molecular flexibility index (Phi) is 6.01. The Labute approximate surface area is 196 Å². The molecule has 0 spiro atoms. The van der Waals surface area contributed by atoms with Gasteiger partial charge in [-0.3, -0.25) is 9.52 Å². The molecule has 0 fully saturated rings. The van der Waals surface area contributed by atoms with Crippen LogP contribution in [-0.4, -0.2) is 38.0 Å². The van der Waals surface area contributed by atoms with Gasteiger partial charge in [-0.15, -0.1) is 0 Å². The van der Waals surface area contributed by atoms with Crippen molar-refractivity contribution >= 4 is 44.3 Å². The molecule has 0 saturated carbocycles. The van der Waals surface area contributed by atoms with Crippen LogP contribution in [0, 0.1) is 0 Å². The number of aromatic nitrogens is 2. The normalized spacial score (nSPS) is 11.4. The number of fused-ring (bicyclic) bond motifs is 1. The molecule has 0 radical (unpaired) electrons. The minimum Gasteiger partial charge on any atom is -0.495 e. The summed E-state index contributed by atoms with van der Waals surface area (Å²) in [7, 11) is 1.05. The van der Waals surface area contributed by atoms with Gasteiger partial charge in [0.15, 0.2) is 0 Å². The summed E-state index contributed by atoms with van der Waals surface area (Å²) in [4.78, 5) is 16.5. The van der Waals surface area contributed by atoms with E-state index in [1.165, 1.54) is 25.3 Å². The number of imidazole rings is 1. The summed E-state index contributed by atoms with van der Waals surface area (Å²) in [5, 5.41) is 2.79. The lowest BCUT2D eigenvalue weighted by molar-refractivity contribution is 0.0963. The molecule has 0 aliphatic rings. The number of hydrogen-bond donors (Lipinski definition) is 2. The number of hydrogen-bond acceptors (Lipinski definition) is 5. The van der Waals surface area contributed by atoms with E-state index in [-0.39, 0.29) is 15.8 Å². The number of nitrogens with one attached hydrogen (secondary N) is 2. The van der Waals surface area contributed by atoms with E-state index >= 15 is 0 Å². The van der Waals surface area contributed by atoms with Crippen molar-refractivity contribution < 1.29 is 17.9 Å². The van der Waals surface area contributed by atoms with E-state index in [1.54, 1.807) is 37.4 Å². The van der Waals surface area contributed by atoms with Gasteiger partial charge in [0, 0.05) is 25.2 Å². The van der Waals surface area contributed by atoms with Gasteiger partial charge in [0.1, 0.15) is 11.6 Å². The molecule has 8 nitrogen and oxygen atoms in total. The van der Waals surface area contributed by atoms with Crippen LogP contribution in [0.3, 0.4) is 0 Å².